The highest BCUT2D eigenvalue weighted by atomic mass is 16.5. The Hall–Kier alpha value is -0.160. The zero-order chi connectivity index (χ0) is 13.2. The van der Waals surface area contributed by atoms with E-state index in [0.717, 1.165) is 45.6 Å². The van der Waals surface area contributed by atoms with Crippen molar-refractivity contribution in [2.24, 2.45) is 5.73 Å². The van der Waals surface area contributed by atoms with Gasteiger partial charge in [-0.2, -0.15) is 0 Å². The minimum atomic E-state index is -0.0615. The topological polar surface area (TPSA) is 47.7 Å². The molecule has 2 aliphatic rings. The van der Waals surface area contributed by atoms with Gasteiger partial charge in [0.2, 0.25) is 0 Å². The third kappa shape index (κ3) is 3.05. The van der Waals surface area contributed by atoms with E-state index in [1.807, 2.05) is 0 Å². The summed E-state index contributed by atoms with van der Waals surface area (Å²) in [4.78, 5) is 2.56. The summed E-state index contributed by atoms with van der Waals surface area (Å²) in [5.74, 6) is 0. The number of hydrogen-bond donors (Lipinski definition) is 1. The van der Waals surface area contributed by atoms with E-state index in [-0.39, 0.29) is 11.1 Å². The average Bonchev–Trinajstić information content (AvgIpc) is 2.52. The Balaban J connectivity index is 2.14. The van der Waals surface area contributed by atoms with Crippen molar-refractivity contribution in [3.63, 3.8) is 0 Å². The Labute approximate surface area is 111 Å². The van der Waals surface area contributed by atoms with Crippen molar-refractivity contribution in [3.8, 4) is 0 Å². The minimum Gasteiger partial charge on any atom is -0.377 e. The van der Waals surface area contributed by atoms with Crippen LogP contribution in [0.3, 0.4) is 0 Å². The molecule has 2 heterocycles. The predicted molar refractivity (Wildman–Crippen MR) is 72.7 cm³/mol. The molecule has 2 atom stereocenters. The molecule has 2 aliphatic heterocycles. The van der Waals surface area contributed by atoms with E-state index in [4.69, 9.17) is 15.2 Å². The molecule has 2 N–H and O–H groups in total. The summed E-state index contributed by atoms with van der Waals surface area (Å²) in [5, 5.41) is 0. The molecule has 0 amide bonds. The monoisotopic (exact) mass is 256 g/mol. The lowest BCUT2D eigenvalue weighted by Gasteiger charge is -2.50. The molecule has 2 fully saturated rings. The highest BCUT2D eigenvalue weighted by Gasteiger charge is 2.44. The van der Waals surface area contributed by atoms with Gasteiger partial charge in [0.25, 0.3) is 0 Å². The van der Waals surface area contributed by atoms with Gasteiger partial charge in [0.15, 0.2) is 0 Å². The summed E-state index contributed by atoms with van der Waals surface area (Å²) in [6, 6.07) is 0. The van der Waals surface area contributed by atoms with Gasteiger partial charge in [-0.05, 0) is 40.0 Å². The van der Waals surface area contributed by atoms with Gasteiger partial charge in [0.05, 0.1) is 11.7 Å². The molecule has 106 valence electrons. The maximum Gasteiger partial charge on any atom is 0.0674 e. The van der Waals surface area contributed by atoms with Gasteiger partial charge in [-0.3, -0.25) is 4.90 Å². The first-order valence-electron chi connectivity index (χ1n) is 7.18. The fourth-order valence-corrected chi connectivity index (χ4v) is 3.45. The first-order valence-corrected chi connectivity index (χ1v) is 7.18. The highest BCUT2D eigenvalue weighted by molar-refractivity contribution is 5.00. The normalized spacial score (nSPS) is 38.3. The van der Waals surface area contributed by atoms with Crippen molar-refractivity contribution in [2.45, 2.75) is 57.3 Å². The standard InChI is InChI=1S/C14H28N2O2/c1-12-9-16(6-4-7-17-12)14(11-15)5-8-18-13(2,3)10-14/h12H,4-11,15H2,1-3H3. The minimum absolute atomic E-state index is 0.0615. The molecule has 18 heavy (non-hydrogen) atoms. The van der Waals surface area contributed by atoms with Crippen LogP contribution in [0, 0.1) is 0 Å². The summed E-state index contributed by atoms with van der Waals surface area (Å²) < 4.78 is 11.6. The Morgan fingerprint density at radius 3 is 2.78 bits per heavy atom. The van der Waals surface area contributed by atoms with Crippen molar-refractivity contribution in [2.75, 3.05) is 32.8 Å². The van der Waals surface area contributed by atoms with Crippen LogP contribution < -0.4 is 5.73 Å². The second kappa shape index (κ2) is 5.45. The largest absolute Gasteiger partial charge is 0.377 e. The maximum absolute atomic E-state index is 6.15. The van der Waals surface area contributed by atoms with Gasteiger partial charge in [-0.15, -0.1) is 0 Å². The van der Waals surface area contributed by atoms with Crippen molar-refractivity contribution >= 4 is 0 Å². The van der Waals surface area contributed by atoms with Crippen molar-refractivity contribution in [1.29, 1.82) is 0 Å². The van der Waals surface area contributed by atoms with E-state index in [0.29, 0.717) is 12.6 Å². The number of ether oxygens (including phenoxy) is 2. The SMILES string of the molecule is CC1CN(C2(CN)CCOC(C)(C)C2)CCCO1. The van der Waals surface area contributed by atoms with Crippen LogP contribution in [0.25, 0.3) is 0 Å². The van der Waals surface area contributed by atoms with Crippen LogP contribution in [0.5, 0.6) is 0 Å². The first kappa shape index (κ1) is 14.3. The van der Waals surface area contributed by atoms with Gasteiger partial charge < -0.3 is 15.2 Å². The Kier molecular flexibility index (Phi) is 4.32. The van der Waals surface area contributed by atoms with Crippen LogP contribution in [0.2, 0.25) is 0 Å². The molecule has 2 unspecified atom stereocenters. The molecular weight excluding hydrogens is 228 g/mol. The van der Waals surface area contributed by atoms with Crippen LogP contribution in [0.4, 0.5) is 0 Å². The van der Waals surface area contributed by atoms with Crippen molar-refractivity contribution in [3.05, 3.63) is 0 Å². The van der Waals surface area contributed by atoms with Gasteiger partial charge in [-0.25, -0.2) is 0 Å². The molecule has 0 saturated carbocycles. The van der Waals surface area contributed by atoms with E-state index in [1.165, 1.54) is 0 Å². The molecule has 0 aromatic rings. The Bertz CT molecular complexity index is 283. The zero-order valence-corrected chi connectivity index (χ0v) is 12.1. The fraction of sp³-hybridized carbons (Fsp3) is 1.00. The van der Waals surface area contributed by atoms with Crippen molar-refractivity contribution in [1.82, 2.24) is 4.90 Å². The van der Waals surface area contributed by atoms with E-state index in [9.17, 15) is 0 Å². The molecule has 0 bridgehead atoms. The lowest BCUT2D eigenvalue weighted by atomic mass is 9.79. The maximum atomic E-state index is 6.15. The number of nitrogens with zero attached hydrogens (tertiary/aromatic N) is 1. The van der Waals surface area contributed by atoms with Crippen LogP contribution in [0.15, 0.2) is 0 Å². The summed E-state index contributed by atoms with van der Waals surface area (Å²) in [7, 11) is 0. The quantitative estimate of drug-likeness (QED) is 0.811. The van der Waals surface area contributed by atoms with E-state index in [2.05, 4.69) is 25.7 Å². The van der Waals surface area contributed by atoms with Gasteiger partial charge in [-0.1, -0.05) is 0 Å². The molecule has 0 aliphatic carbocycles. The lowest BCUT2D eigenvalue weighted by molar-refractivity contribution is -0.120. The molecule has 0 radical (unpaired) electrons. The molecule has 0 spiro atoms. The molecule has 2 rings (SSSR count). The molecule has 4 heteroatoms. The van der Waals surface area contributed by atoms with Crippen LogP contribution in [0.1, 0.15) is 40.0 Å². The van der Waals surface area contributed by atoms with Gasteiger partial charge in [0.1, 0.15) is 0 Å². The third-order valence-corrected chi connectivity index (χ3v) is 4.32. The Morgan fingerprint density at radius 2 is 2.11 bits per heavy atom. The summed E-state index contributed by atoms with van der Waals surface area (Å²) in [5.41, 5.74) is 6.19. The Morgan fingerprint density at radius 1 is 1.33 bits per heavy atom. The smallest absolute Gasteiger partial charge is 0.0674 e. The number of nitrogens with two attached hydrogens (primary N) is 1. The van der Waals surface area contributed by atoms with E-state index < -0.39 is 0 Å². The fourth-order valence-electron chi connectivity index (χ4n) is 3.45. The molecule has 4 nitrogen and oxygen atoms in total. The summed E-state index contributed by atoms with van der Waals surface area (Å²) >= 11 is 0. The predicted octanol–water partition coefficient (Wildman–Crippen LogP) is 1.38. The molecular formula is C14H28N2O2. The molecule has 0 aromatic heterocycles. The van der Waals surface area contributed by atoms with Crippen molar-refractivity contribution < 1.29 is 9.47 Å². The number of hydrogen-bond acceptors (Lipinski definition) is 4. The summed E-state index contributed by atoms with van der Waals surface area (Å²) in [6.45, 7) is 11.0. The van der Waals surface area contributed by atoms with Gasteiger partial charge in [0, 0.05) is 38.4 Å². The van der Waals surface area contributed by atoms with Gasteiger partial charge >= 0.3 is 0 Å². The van der Waals surface area contributed by atoms with Crippen LogP contribution >= 0.6 is 0 Å². The number of rotatable bonds is 2. The zero-order valence-electron chi connectivity index (χ0n) is 12.1. The molecule has 0 aromatic carbocycles. The second-order valence-corrected chi connectivity index (χ2v) is 6.44. The van der Waals surface area contributed by atoms with E-state index in [1.54, 1.807) is 0 Å². The highest BCUT2D eigenvalue weighted by Crippen LogP contribution is 2.36. The van der Waals surface area contributed by atoms with Crippen LogP contribution in [-0.4, -0.2) is 55.0 Å². The lowest BCUT2D eigenvalue weighted by Crippen LogP contribution is -2.61. The third-order valence-electron chi connectivity index (χ3n) is 4.32. The van der Waals surface area contributed by atoms with E-state index >= 15 is 0 Å². The second-order valence-electron chi connectivity index (χ2n) is 6.44. The summed E-state index contributed by atoms with van der Waals surface area (Å²) in [6.07, 6.45) is 3.47. The molecule has 2 saturated heterocycles. The van der Waals surface area contributed by atoms with Crippen LogP contribution in [-0.2, 0) is 9.47 Å². The average molecular weight is 256 g/mol. The first-order chi connectivity index (χ1) is 8.47.